The SMILES string of the molecule is Nc1nc2cc(I)ccc2n1CCCc1ccccc1. The molecule has 0 aliphatic carbocycles. The van der Waals surface area contributed by atoms with Crippen LogP contribution in [0.15, 0.2) is 48.5 Å². The molecule has 0 bridgehead atoms. The van der Waals surface area contributed by atoms with Crippen molar-refractivity contribution in [3.05, 3.63) is 57.7 Å². The highest BCUT2D eigenvalue weighted by molar-refractivity contribution is 14.1. The Labute approximate surface area is 132 Å². The van der Waals surface area contributed by atoms with Crippen LogP contribution >= 0.6 is 22.6 Å². The molecule has 0 spiro atoms. The maximum atomic E-state index is 6.03. The third-order valence-electron chi connectivity index (χ3n) is 3.43. The Kier molecular flexibility index (Phi) is 3.91. The Morgan fingerprint density at radius 3 is 2.70 bits per heavy atom. The summed E-state index contributed by atoms with van der Waals surface area (Å²) in [4.78, 5) is 4.44. The first-order valence-electron chi connectivity index (χ1n) is 6.69. The van der Waals surface area contributed by atoms with Gasteiger partial charge >= 0.3 is 0 Å². The lowest BCUT2D eigenvalue weighted by atomic mass is 10.1. The number of aryl methyl sites for hydroxylation is 2. The average Bonchev–Trinajstić information content (AvgIpc) is 2.75. The first kappa shape index (κ1) is 13.4. The summed E-state index contributed by atoms with van der Waals surface area (Å²) in [5.74, 6) is 0.607. The molecule has 3 rings (SSSR count). The summed E-state index contributed by atoms with van der Waals surface area (Å²) >= 11 is 2.30. The zero-order valence-electron chi connectivity index (χ0n) is 11.1. The number of hydrogen-bond acceptors (Lipinski definition) is 2. The number of rotatable bonds is 4. The monoisotopic (exact) mass is 377 g/mol. The van der Waals surface area contributed by atoms with E-state index in [1.54, 1.807) is 0 Å². The molecule has 20 heavy (non-hydrogen) atoms. The summed E-state index contributed by atoms with van der Waals surface area (Å²) in [6.07, 6.45) is 2.12. The fourth-order valence-corrected chi connectivity index (χ4v) is 2.92. The minimum absolute atomic E-state index is 0.607. The van der Waals surface area contributed by atoms with Gasteiger partial charge in [-0.1, -0.05) is 30.3 Å². The number of anilines is 1. The Morgan fingerprint density at radius 2 is 1.90 bits per heavy atom. The molecule has 0 atom stereocenters. The molecule has 0 aliphatic heterocycles. The quantitative estimate of drug-likeness (QED) is 0.702. The van der Waals surface area contributed by atoms with Crippen molar-refractivity contribution in [1.29, 1.82) is 0 Å². The highest BCUT2D eigenvalue weighted by atomic mass is 127. The molecular formula is C16H16IN3. The molecular weight excluding hydrogens is 361 g/mol. The summed E-state index contributed by atoms with van der Waals surface area (Å²) in [5.41, 5.74) is 9.50. The minimum Gasteiger partial charge on any atom is -0.369 e. The second-order valence-corrected chi connectivity index (χ2v) is 6.09. The second-order valence-electron chi connectivity index (χ2n) is 4.84. The van der Waals surface area contributed by atoms with Crippen LogP contribution in [0.2, 0.25) is 0 Å². The van der Waals surface area contributed by atoms with Crippen molar-refractivity contribution in [2.75, 3.05) is 5.73 Å². The van der Waals surface area contributed by atoms with E-state index < -0.39 is 0 Å². The number of halogens is 1. The molecule has 3 nitrogen and oxygen atoms in total. The predicted molar refractivity (Wildman–Crippen MR) is 91.6 cm³/mol. The van der Waals surface area contributed by atoms with Crippen molar-refractivity contribution >= 4 is 39.6 Å². The van der Waals surface area contributed by atoms with Crippen molar-refractivity contribution in [3.63, 3.8) is 0 Å². The van der Waals surface area contributed by atoms with Crippen molar-refractivity contribution in [1.82, 2.24) is 9.55 Å². The van der Waals surface area contributed by atoms with Crippen LogP contribution < -0.4 is 5.73 Å². The molecule has 102 valence electrons. The van der Waals surface area contributed by atoms with Crippen molar-refractivity contribution in [3.8, 4) is 0 Å². The van der Waals surface area contributed by atoms with Gasteiger partial charge < -0.3 is 10.3 Å². The van der Waals surface area contributed by atoms with Gasteiger partial charge in [0.25, 0.3) is 0 Å². The van der Waals surface area contributed by atoms with Crippen molar-refractivity contribution in [2.45, 2.75) is 19.4 Å². The number of benzene rings is 2. The van der Waals surface area contributed by atoms with Crippen LogP contribution in [0, 0.1) is 3.57 Å². The average molecular weight is 377 g/mol. The molecule has 0 amide bonds. The van der Waals surface area contributed by atoms with E-state index in [0.717, 1.165) is 30.4 Å². The van der Waals surface area contributed by atoms with Crippen LogP contribution in [0.3, 0.4) is 0 Å². The van der Waals surface area contributed by atoms with E-state index in [0.29, 0.717) is 5.95 Å². The first-order valence-corrected chi connectivity index (χ1v) is 7.77. The van der Waals surface area contributed by atoms with E-state index in [1.165, 1.54) is 9.13 Å². The molecule has 1 heterocycles. The third kappa shape index (κ3) is 2.80. The van der Waals surface area contributed by atoms with Gasteiger partial charge in [0.05, 0.1) is 11.0 Å². The Balaban J connectivity index is 1.76. The molecule has 0 saturated heterocycles. The summed E-state index contributed by atoms with van der Waals surface area (Å²) in [7, 11) is 0. The van der Waals surface area contributed by atoms with Crippen LogP contribution in [0.4, 0.5) is 5.95 Å². The zero-order valence-corrected chi connectivity index (χ0v) is 13.2. The lowest BCUT2D eigenvalue weighted by Gasteiger charge is -2.06. The minimum atomic E-state index is 0.607. The maximum Gasteiger partial charge on any atom is 0.201 e. The molecule has 0 saturated carbocycles. The van der Waals surface area contributed by atoms with Crippen LogP contribution in [0.1, 0.15) is 12.0 Å². The highest BCUT2D eigenvalue weighted by Crippen LogP contribution is 2.21. The maximum absolute atomic E-state index is 6.03. The van der Waals surface area contributed by atoms with E-state index >= 15 is 0 Å². The summed E-state index contributed by atoms with van der Waals surface area (Å²) in [6.45, 7) is 0.901. The van der Waals surface area contributed by atoms with Gasteiger partial charge in [0, 0.05) is 10.1 Å². The van der Waals surface area contributed by atoms with E-state index in [-0.39, 0.29) is 0 Å². The standard InChI is InChI=1S/C16H16IN3/c17-13-8-9-15-14(11-13)19-16(18)20(15)10-4-7-12-5-2-1-3-6-12/h1-3,5-6,8-9,11H,4,7,10H2,(H2,18,19). The lowest BCUT2D eigenvalue weighted by Crippen LogP contribution is -2.04. The first-order chi connectivity index (χ1) is 9.74. The Bertz CT molecular complexity index is 719. The lowest BCUT2D eigenvalue weighted by molar-refractivity contribution is 0.665. The Morgan fingerprint density at radius 1 is 1.10 bits per heavy atom. The van der Waals surface area contributed by atoms with Crippen LogP contribution in [-0.2, 0) is 13.0 Å². The van der Waals surface area contributed by atoms with Gasteiger partial charge in [-0.15, -0.1) is 0 Å². The summed E-state index contributed by atoms with van der Waals surface area (Å²) < 4.78 is 3.29. The molecule has 0 aliphatic rings. The summed E-state index contributed by atoms with van der Waals surface area (Å²) in [6, 6.07) is 16.8. The Hall–Kier alpha value is -1.56. The number of aromatic nitrogens is 2. The number of imidazole rings is 1. The second kappa shape index (κ2) is 5.83. The predicted octanol–water partition coefficient (Wildman–Crippen LogP) is 3.86. The van der Waals surface area contributed by atoms with Gasteiger partial charge in [-0.2, -0.15) is 0 Å². The van der Waals surface area contributed by atoms with Crippen molar-refractivity contribution < 1.29 is 0 Å². The van der Waals surface area contributed by atoms with Crippen LogP contribution in [0.25, 0.3) is 11.0 Å². The van der Waals surface area contributed by atoms with Crippen molar-refractivity contribution in [2.24, 2.45) is 0 Å². The molecule has 1 aromatic heterocycles. The molecule has 2 aromatic carbocycles. The highest BCUT2D eigenvalue weighted by Gasteiger charge is 2.07. The molecule has 2 N–H and O–H groups in total. The summed E-state index contributed by atoms with van der Waals surface area (Å²) in [5, 5.41) is 0. The molecule has 4 heteroatoms. The molecule has 0 radical (unpaired) electrons. The number of nitrogens with zero attached hydrogens (tertiary/aromatic N) is 2. The zero-order chi connectivity index (χ0) is 13.9. The van der Waals surface area contributed by atoms with E-state index in [9.17, 15) is 0 Å². The number of nitrogen functional groups attached to an aromatic ring is 1. The molecule has 3 aromatic rings. The normalized spacial score (nSPS) is 11.1. The smallest absolute Gasteiger partial charge is 0.201 e. The van der Waals surface area contributed by atoms with Crippen LogP contribution in [0.5, 0.6) is 0 Å². The van der Waals surface area contributed by atoms with E-state index in [4.69, 9.17) is 5.73 Å². The number of hydrogen-bond donors (Lipinski definition) is 1. The largest absolute Gasteiger partial charge is 0.369 e. The third-order valence-corrected chi connectivity index (χ3v) is 4.10. The van der Waals surface area contributed by atoms with Crippen LogP contribution in [-0.4, -0.2) is 9.55 Å². The molecule has 0 fully saturated rings. The van der Waals surface area contributed by atoms with Gasteiger partial charge in [0.2, 0.25) is 5.95 Å². The topological polar surface area (TPSA) is 43.8 Å². The van der Waals surface area contributed by atoms with E-state index in [1.807, 2.05) is 6.07 Å². The van der Waals surface area contributed by atoms with Gasteiger partial charge in [0.1, 0.15) is 0 Å². The number of fused-ring (bicyclic) bond motifs is 1. The van der Waals surface area contributed by atoms with Gasteiger partial charge in [-0.05, 0) is 59.2 Å². The van der Waals surface area contributed by atoms with Gasteiger partial charge in [-0.25, -0.2) is 4.98 Å². The fourth-order valence-electron chi connectivity index (χ4n) is 2.44. The molecule has 0 unspecified atom stereocenters. The van der Waals surface area contributed by atoms with E-state index in [2.05, 4.69) is 74.6 Å². The van der Waals surface area contributed by atoms with Gasteiger partial charge in [-0.3, -0.25) is 0 Å². The fraction of sp³-hybridized carbons (Fsp3) is 0.188. The van der Waals surface area contributed by atoms with Gasteiger partial charge in [0.15, 0.2) is 0 Å². The number of nitrogens with two attached hydrogens (primary N) is 1.